The van der Waals surface area contributed by atoms with Crippen LogP contribution in [0.4, 0.5) is 0 Å². The van der Waals surface area contributed by atoms with E-state index >= 15 is 0 Å². The fraction of sp³-hybridized carbons (Fsp3) is 0.667. The molecule has 0 saturated carbocycles. The number of allylic oxidation sites excluding steroid dienone is 1. The molecule has 0 amide bonds. The second-order valence-corrected chi connectivity index (χ2v) is 4.41. The van der Waals surface area contributed by atoms with Crippen molar-refractivity contribution in [2.75, 3.05) is 19.6 Å². The molecule has 2 rings (SSSR count). The van der Waals surface area contributed by atoms with Gasteiger partial charge in [0.25, 0.3) is 0 Å². The normalized spacial score (nSPS) is 22.9. The van der Waals surface area contributed by atoms with Crippen LogP contribution in [0.1, 0.15) is 32.1 Å². The first-order valence-corrected chi connectivity index (χ1v) is 5.88. The molecule has 4 heteroatoms. The summed E-state index contributed by atoms with van der Waals surface area (Å²) in [6.07, 6.45) is 8.18. The van der Waals surface area contributed by atoms with Crippen molar-refractivity contribution in [1.29, 1.82) is 0 Å². The predicted octanol–water partition coefficient (Wildman–Crippen LogP) is 1.26. The Bertz CT molecular complexity index is 306. The highest BCUT2D eigenvalue weighted by Gasteiger charge is 2.24. The highest BCUT2D eigenvalue weighted by molar-refractivity contribution is 5.90. The fourth-order valence-electron chi connectivity index (χ4n) is 2.20. The Kier molecular flexibility index (Phi) is 3.72. The summed E-state index contributed by atoms with van der Waals surface area (Å²) in [7, 11) is 0. The molecule has 2 aliphatic rings. The molecule has 1 fully saturated rings. The number of hydrogen-bond donors (Lipinski definition) is 0. The van der Waals surface area contributed by atoms with Gasteiger partial charge in [-0.05, 0) is 32.1 Å². The zero-order chi connectivity index (χ0) is 11.4. The van der Waals surface area contributed by atoms with Crippen LogP contribution in [0.15, 0.2) is 11.6 Å². The number of morpholine rings is 1. The van der Waals surface area contributed by atoms with E-state index in [1.54, 1.807) is 0 Å². The zero-order valence-corrected chi connectivity index (χ0v) is 9.41. The Labute approximate surface area is 95.2 Å². The Morgan fingerprint density at radius 1 is 1.19 bits per heavy atom. The molecule has 0 radical (unpaired) electrons. The number of carbonyl (C=O) groups excluding carboxylic acids is 2. The molecule has 88 valence electrons. The van der Waals surface area contributed by atoms with E-state index in [0.717, 1.165) is 13.0 Å². The molecule has 4 nitrogen and oxygen atoms in total. The van der Waals surface area contributed by atoms with Crippen molar-refractivity contribution >= 4 is 11.9 Å². The second-order valence-electron chi connectivity index (χ2n) is 4.41. The van der Waals surface area contributed by atoms with Crippen molar-refractivity contribution in [2.24, 2.45) is 0 Å². The van der Waals surface area contributed by atoms with Crippen molar-refractivity contribution in [3.8, 4) is 0 Å². The third-order valence-corrected chi connectivity index (χ3v) is 3.07. The minimum atomic E-state index is -0.422. The van der Waals surface area contributed by atoms with Crippen molar-refractivity contribution < 1.29 is 14.3 Å². The van der Waals surface area contributed by atoms with Crippen LogP contribution in [-0.4, -0.2) is 36.5 Å². The summed E-state index contributed by atoms with van der Waals surface area (Å²) < 4.78 is 4.47. The van der Waals surface area contributed by atoms with Gasteiger partial charge in [0.1, 0.15) is 0 Å². The minimum absolute atomic E-state index is 0.249. The van der Waals surface area contributed by atoms with E-state index in [1.165, 1.54) is 31.3 Å². The standard InChI is InChI=1S/C12H17NO3/c14-11-8-13(9-12(15)16-11)7-6-10-4-2-1-3-5-10/h4H,1-3,5-9H2. The van der Waals surface area contributed by atoms with E-state index in [2.05, 4.69) is 10.8 Å². The monoisotopic (exact) mass is 223 g/mol. The van der Waals surface area contributed by atoms with Gasteiger partial charge in [-0.3, -0.25) is 14.5 Å². The van der Waals surface area contributed by atoms with Gasteiger partial charge in [0.15, 0.2) is 0 Å². The highest BCUT2D eigenvalue weighted by Crippen LogP contribution is 2.20. The summed E-state index contributed by atoms with van der Waals surface area (Å²) in [5.41, 5.74) is 1.47. The lowest BCUT2D eigenvalue weighted by Crippen LogP contribution is -2.43. The maximum Gasteiger partial charge on any atom is 0.327 e. The van der Waals surface area contributed by atoms with E-state index < -0.39 is 11.9 Å². The Morgan fingerprint density at radius 3 is 2.56 bits per heavy atom. The summed E-state index contributed by atoms with van der Waals surface area (Å²) >= 11 is 0. The van der Waals surface area contributed by atoms with E-state index in [1.807, 2.05) is 4.90 Å². The number of carbonyl (C=O) groups is 2. The van der Waals surface area contributed by atoms with E-state index in [4.69, 9.17) is 0 Å². The summed E-state index contributed by atoms with van der Waals surface area (Å²) in [6, 6.07) is 0. The molecule has 0 aromatic carbocycles. The third kappa shape index (κ3) is 3.17. The van der Waals surface area contributed by atoms with Gasteiger partial charge >= 0.3 is 11.9 Å². The average molecular weight is 223 g/mol. The first-order chi connectivity index (χ1) is 7.74. The van der Waals surface area contributed by atoms with E-state index in [0.29, 0.717) is 0 Å². The molecule has 1 heterocycles. The van der Waals surface area contributed by atoms with Gasteiger partial charge < -0.3 is 4.74 Å². The second kappa shape index (κ2) is 5.25. The van der Waals surface area contributed by atoms with Gasteiger partial charge in [-0.2, -0.15) is 0 Å². The van der Waals surface area contributed by atoms with Gasteiger partial charge in [-0.15, -0.1) is 0 Å². The lowest BCUT2D eigenvalue weighted by atomic mass is 9.97. The van der Waals surface area contributed by atoms with Crippen molar-refractivity contribution in [2.45, 2.75) is 32.1 Å². The van der Waals surface area contributed by atoms with Crippen LogP contribution in [0.25, 0.3) is 0 Å². The Balaban J connectivity index is 1.78. The SMILES string of the molecule is O=C1CN(CCC2=CCCCC2)CC(=O)O1. The summed E-state index contributed by atoms with van der Waals surface area (Å²) in [5, 5.41) is 0. The van der Waals surface area contributed by atoms with Crippen molar-refractivity contribution in [3.63, 3.8) is 0 Å². The molecule has 1 saturated heterocycles. The van der Waals surface area contributed by atoms with E-state index in [9.17, 15) is 9.59 Å². The highest BCUT2D eigenvalue weighted by atomic mass is 16.6. The summed E-state index contributed by atoms with van der Waals surface area (Å²) in [5.74, 6) is -0.845. The maximum atomic E-state index is 11.0. The lowest BCUT2D eigenvalue weighted by molar-refractivity contribution is -0.166. The van der Waals surface area contributed by atoms with E-state index in [-0.39, 0.29) is 13.1 Å². The summed E-state index contributed by atoms with van der Waals surface area (Å²) in [6.45, 7) is 1.28. The smallest absolute Gasteiger partial charge is 0.327 e. The number of nitrogens with zero attached hydrogens (tertiary/aromatic N) is 1. The predicted molar refractivity (Wildman–Crippen MR) is 58.7 cm³/mol. The van der Waals surface area contributed by atoms with Crippen LogP contribution < -0.4 is 0 Å². The van der Waals surface area contributed by atoms with Crippen LogP contribution in [0.3, 0.4) is 0 Å². The van der Waals surface area contributed by atoms with Gasteiger partial charge in [0, 0.05) is 6.54 Å². The molecule has 0 unspecified atom stereocenters. The first-order valence-electron chi connectivity index (χ1n) is 5.88. The molecule has 0 bridgehead atoms. The molecular formula is C12H17NO3. The first kappa shape index (κ1) is 11.3. The van der Waals surface area contributed by atoms with Gasteiger partial charge in [0.05, 0.1) is 13.1 Å². The molecule has 1 aliphatic heterocycles. The molecular weight excluding hydrogens is 206 g/mol. The quantitative estimate of drug-likeness (QED) is 0.410. The zero-order valence-electron chi connectivity index (χ0n) is 9.41. The Morgan fingerprint density at radius 2 is 1.94 bits per heavy atom. The van der Waals surface area contributed by atoms with Crippen molar-refractivity contribution in [1.82, 2.24) is 4.90 Å². The largest absolute Gasteiger partial charge is 0.391 e. The van der Waals surface area contributed by atoms with Gasteiger partial charge in [-0.1, -0.05) is 11.6 Å². The Hall–Kier alpha value is -1.16. The molecule has 0 aromatic rings. The van der Waals surface area contributed by atoms with Crippen LogP contribution in [0.2, 0.25) is 0 Å². The lowest BCUT2D eigenvalue weighted by Gasteiger charge is -2.24. The molecule has 0 aromatic heterocycles. The molecule has 0 atom stereocenters. The molecule has 0 N–H and O–H groups in total. The third-order valence-electron chi connectivity index (χ3n) is 3.07. The number of esters is 2. The number of rotatable bonds is 3. The van der Waals surface area contributed by atoms with Crippen LogP contribution in [-0.2, 0) is 14.3 Å². The molecule has 16 heavy (non-hydrogen) atoms. The number of cyclic esters (lactones) is 2. The van der Waals surface area contributed by atoms with Crippen LogP contribution in [0.5, 0.6) is 0 Å². The maximum absolute atomic E-state index is 11.0. The number of ether oxygens (including phenoxy) is 1. The fourth-order valence-corrected chi connectivity index (χ4v) is 2.20. The summed E-state index contributed by atoms with van der Waals surface area (Å²) in [4.78, 5) is 23.9. The van der Waals surface area contributed by atoms with Gasteiger partial charge in [-0.25, -0.2) is 0 Å². The molecule has 0 spiro atoms. The van der Waals surface area contributed by atoms with Gasteiger partial charge in [0.2, 0.25) is 0 Å². The average Bonchev–Trinajstić information content (AvgIpc) is 2.27. The minimum Gasteiger partial charge on any atom is -0.391 e. The molecule has 1 aliphatic carbocycles. The van der Waals surface area contributed by atoms with Crippen molar-refractivity contribution in [3.05, 3.63) is 11.6 Å². The van der Waals surface area contributed by atoms with Crippen LogP contribution in [0, 0.1) is 0 Å². The number of hydrogen-bond acceptors (Lipinski definition) is 4. The topological polar surface area (TPSA) is 46.6 Å². The van der Waals surface area contributed by atoms with Crippen LogP contribution >= 0.6 is 0 Å².